The van der Waals surface area contributed by atoms with Gasteiger partial charge in [0.15, 0.2) is 0 Å². The first-order valence-electron chi connectivity index (χ1n) is 11.5. The zero-order chi connectivity index (χ0) is 23.4. The second-order valence-corrected chi connectivity index (χ2v) is 9.43. The first-order chi connectivity index (χ1) is 16.5. The van der Waals surface area contributed by atoms with Gasteiger partial charge in [-0.25, -0.2) is 0 Å². The summed E-state index contributed by atoms with van der Waals surface area (Å²) in [5.74, 6) is 0.745. The fourth-order valence-electron chi connectivity index (χ4n) is 5.57. The number of rotatable bonds is 3. The summed E-state index contributed by atoms with van der Waals surface area (Å²) in [5.41, 5.74) is 6.37. The first-order valence-corrected chi connectivity index (χ1v) is 11.9. The molecule has 1 fully saturated rings. The number of ether oxygens (including phenoxy) is 1. The second-order valence-electron chi connectivity index (χ2n) is 8.99. The minimum Gasteiger partial charge on any atom is -0.497 e. The molecule has 2 aliphatic heterocycles. The number of piperidine rings is 1. The van der Waals surface area contributed by atoms with Crippen molar-refractivity contribution in [1.82, 2.24) is 24.6 Å². The number of carbonyl (C=O) groups is 1. The molecule has 8 heteroatoms. The summed E-state index contributed by atoms with van der Waals surface area (Å²) in [5, 5.41) is 5.55. The summed E-state index contributed by atoms with van der Waals surface area (Å²) in [7, 11) is 3.60. The van der Waals surface area contributed by atoms with Crippen LogP contribution in [-0.2, 0) is 13.5 Å². The third-order valence-electron chi connectivity index (χ3n) is 7.01. The van der Waals surface area contributed by atoms with Gasteiger partial charge in [0.1, 0.15) is 5.75 Å². The first kappa shape index (κ1) is 21.1. The van der Waals surface area contributed by atoms with E-state index in [0.717, 1.165) is 53.7 Å². The van der Waals surface area contributed by atoms with Gasteiger partial charge in [-0.15, -0.1) is 0 Å². The van der Waals surface area contributed by atoms with Crippen LogP contribution < -0.4 is 4.74 Å². The van der Waals surface area contributed by atoms with Crippen molar-refractivity contribution in [3.05, 3.63) is 70.6 Å². The van der Waals surface area contributed by atoms with E-state index in [-0.39, 0.29) is 18.0 Å². The van der Waals surface area contributed by atoms with Crippen LogP contribution in [0.3, 0.4) is 0 Å². The van der Waals surface area contributed by atoms with Crippen LogP contribution in [0.2, 0.25) is 5.02 Å². The van der Waals surface area contributed by atoms with Gasteiger partial charge >= 0.3 is 0 Å². The van der Waals surface area contributed by atoms with E-state index < -0.39 is 0 Å². The molecule has 2 aromatic carbocycles. The lowest BCUT2D eigenvalue weighted by Gasteiger charge is -2.45. The molecule has 2 aliphatic rings. The Morgan fingerprint density at radius 2 is 1.91 bits per heavy atom. The fourth-order valence-corrected chi connectivity index (χ4v) is 5.80. The number of benzene rings is 2. The van der Waals surface area contributed by atoms with Gasteiger partial charge in [-0.3, -0.25) is 19.4 Å². The third kappa shape index (κ3) is 3.34. The summed E-state index contributed by atoms with van der Waals surface area (Å²) < 4.78 is 7.37. The molecule has 4 heterocycles. The number of methoxy groups -OCH3 is 1. The second kappa shape index (κ2) is 8.09. The Balaban J connectivity index is 1.42. The SMILES string of the molecule is COc1cc(Cl)cc(-c2c3c(nn2C)[C@H]2CCC[C@@H](C3)N2C(=O)c2ccc3nccnc3c2)c1. The highest BCUT2D eigenvalue weighted by Gasteiger charge is 2.43. The molecule has 0 aliphatic carbocycles. The largest absolute Gasteiger partial charge is 0.497 e. The molecule has 0 radical (unpaired) electrons. The van der Waals surface area contributed by atoms with Crippen LogP contribution in [0.25, 0.3) is 22.3 Å². The van der Waals surface area contributed by atoms with Crippen LogP contribution >= 0.6 is 11.6 Å². The van der Waals surface area contributed by atoms with Crippen LogP contribution in [0, 0.1) is 0 Å². The van der Waals surface area contributed by atoms with E-state index >= 15 is 0 Å². The van der Waals surface area contributed by atoms with Crippen LogP contribution in [0.4, 0.5) is 0 Å². The van der Waals surface area contributed by atoms with E-state index in [9.17, 15) is 4.79 Å². The van der Waals surface area contributed by atoms with Gasteiger partial charge < -0.3 is 9.64 Å². The normalized spacial score (nSPS) is 19.2. The summed E-state index contributed by atoms with van der Waals surface area (Å²) in [6.07, 6.45) is 7.04. The highest BCUT2D eigenvalue weighted by atomic mass is 35.5. The van der Waals surface area contributed by atoms with Crippen LogP contribution in [-0.4, -0.2) is 43.7 Å². The van der Waals surface area contributed by atoms with Gasteiger partial charge in [0.2, 0.25) is 0 Å². The Morgan fingerprint density at radius 3 is 2.74 bits per heavy atom. The number of halogens is 1. The van der Waals surface area contributed by atoms with Gasteiger partial charge in [-0.1, -0.05) is 11.6 Å². The monoisotopic (exact) mass is 473 g/mol. The van der Waals surface area contributed by atoms with E-state index in [1.807, 2.05) is 42.1 Å². The molecule has 0 N–H and O–H groups in total. The number of fused-ring (bicyclic) bond motifs is 5. The van der Waals surface area contributed by atoms with E-state index in [0.29, 0.717) is 16.3 Å². The van der Waals surface area contributed by atoms with Crippen LogP contribution in [0.5, 0.6) is 5.75 Å². The Hall–Kier alpha value is -3.45. The maximum absolute atomic E-state index is 13.8. The molecular weight excluding hydrogens is 450 g/mol. The van der Waals surface area contributed by atoms with Crippen molar-refractivity contribution in [1.29, 1.82) is 0 Å². The van der Waals surface area contributed by atoms with Gasteiger partial charge in [0.05, 0.1) is 35.6 Å². The predicted molar refractivity (Wildman–Crippen MR) is 130 cm³/mol. The van der Waals surface area contributed by atoms with Gasteiger partial charge in [-0.2, -0.15) is 5.10 Å². The smallest absolute Gasteiger partial charge is 0.254 e. The molecule has 2 bridgehead atoms. The number of hydrogen-bond donors (Lipinski definition) is 0. The van der Waals surface area contributed by atoms with Crippen molar-refractivity contribution in [2.75, 3.05) is 7.11 Å². The Labute approximate surface area is 202 Å². The van der Waals surface area contributed by atoms with Gasteiger partial charge in [0.25, 0.3) is 5.91 Å². The average Bonchev–Trinajstić information content (AvgIpc) is 3.18. The number of hydrogen-bond acceptors (Lipinski definition) is 5. The minimum atomic E-state index is -0.0476. The quantitative estimate of drug-likeness (QED) is 0.419. The molecule has 0 spiro atoms. The number of nitrogens with zero attached hydrogens (tertiary/aromatic N) is 5. The lowest BCUT2D eigenvalue weighted by atomic mass is 9.81. The molecule has 34 heavy (non-hydrogen) atoms. The average molecular weight is 474 g/mol. The maximum atomic E-state index is 13.8. The summed E-state index contributed by atoms with van der Waals surface area (Å²) in [6, 6.07) is 11.4. The molecule has 6 rings (SSSR count). The van der Waals surface area contributed by atoms with E-state index in [4.69, 9.17) is 21.4 Å². The summed E-state index contributed by atoms with van der Waals surface area (Å²) in [4.78, 5) is 24.5. The molecule has 2 aromatic heterocycles. The van der Waals surface area contributed by atoms with Crippen molar-refractivity contribution in [3.63, 3.8) is 0 Å². The number of carbonyl (C=O) groups excluding carboxylic acids is 1. The molecule has 0 saturated carbocycles. The Kier molecular flexibility index (Phi) is 5.03. The molecule has 4 aromatic rings. The molecule has 2 atom stereocenters. The Morgan fingerprint density at radius 1 is 1.09 bits per heavy atom. The van der Waals surface area contributed by atoms with Crippen LogP contribution in [0.15, 0.2) is 48.8 Å². The van der Waals surface area contributed by atoms with Gasteiger partial charge in [0, 0.05) is 47.2 Å². The fraction of sp³-hybridized carbons (Fsp3) is 0.308. The van der Waals surface area contributed by atoms with Crippen molar-refractivity contribution >= 4 is 28.5 Å². The number of amides is 1. The van der Waals surface area contributed by atoms with Crippen molar-refractivity contribution in [2.24, 2.45) is 7.05 Å². The van der Waals surface area contributed by atoms with E-state index in [1.165, 1.54) is 5.56 Å². The molecule has 172 valence electrons. The van der Waals surface area contributed by atoms with Crippen molar-refractivity contribution in [3.8, 4) is 17.0 Å². The van der Waals surface area contributed by atoms with Gasteiger partial charge in [-0.05, 0) is 62.1 Å². The Bertz CT molecular complexity index is 1430. The minimum absolute atomic E-state index is 0.0320. The molecule has 1 amide bonds. The molecule has 7 nitrogen and oxygen atoms in total. The number of aromatic nitrogens is 4. The lowest BCUT2D eigenvalue weighted by molar-refractivity contribution is 0.0392. The standard InChI is InChI=1S/C26H24ClN5O2/c1-31-25(16-10-17(27)13-19(11-16)34-2)20-14-18-4-3-5-23(24(20)30-31)32(18)26(33)15-6-7-21-22(12-15)29-9-8-28-21/h6-13,18,23H,3-5,14H2,1-2H3/t18-,23+/m0/s1. The van der Waals surface area contributed by atoms with Crippen LogP contribution in [0.1, 0.15) is 46.9 Å². The zero-order valence-corrected chi connectivity index (χ0v) is 19.8. The van der Waals surface area contributed by atoms with E-state index in [2.05, 4.69) is 14.9 Å². The third-order valence-corrected chi connectivity index (χ3v) is 7.23. The highest BCUT2D eigenvalue weighted by Crippen LogP contribution is 2.45. The predicted octanol–water partition coefficient (Wildman–Crippen LogP) is 4.98. The van der Waals surface area contributed by atoms with Crippen molar-refractivity contribution in [2.45, 2.75) is 37.8 Å². The molecular formula is C26H24ClN5O2. The maximum Gasteiger partial charge on any atom is 0.254 e. The zero-order valence-electron chi connectivity index (χ0n) is 19.0. The highest BCUT2D eigenvalue weighted by molar-refractivity contribution is 6.31. The van der Waals surface area contributed by atoms with E-state index in [1.54, 1.807) is 25.6 Å². The number of aryl methyl sites for hydroxylation is 1. The molecule has 0 unspecified atom stereocenters. The summed E-state index contributed by atoms with van der Waals surface area (Å²) in [6.45, 7) is 0. The topological polar surface area (TPSA) is 73.1 Å². The summed E-state index contributed by atoms with van der Waals surface area (Å²) >= 11 is 6.38. The lowest BCUT2D eigenvalue weighted by Crippen LogP contribution is -2.49. The molecule has 1 saturated heterocycles. The van der Waals surface area contributed by atoms with Crippen molar-refractivity contribution < 1.29 is 9.53 Å².